The first-order valence-corrected chi connectivity index (χ1v) is 9.10. The van der Waals surface area contributed by atoms with Crippen LogP contribution in [0.3, 0.4) is 0 Å². The van der Waals surface area contributed by atoms with Crippen molar-refractivity contribution in [3.05, 3.63) is 59.9 Å². The molecule has 2 N–H and O–H groups in total. The molecule has 1 aromatic heterocycles. The Balaban J connectivity index is 1.34. The predicted molar refractivity (Wildman–Crippen MR) is 99.8 cm³/mol. The molecule has 1 heterocycles. The quantitative estimate of drug-likeness (QED) is 0.758. The number of hydrogen-bond donors (Lipinski definition) is 2. The molecule has 0 unspecified atom stereocenters. The number of amides is 2. The number of para-hydroxylation sites is 1. The van der Waals surface area contributed by atoms with Crippen molar-refractivity contribution in [2.45, 2.75) is 38.5 Å². The topological polar surface area (TPSA) is 59.0 Å². The number of carbonyl (C=O) groups is 1. The Hall–Kier alpha value is -2.56. The molecule has 0 saturated carbocycles. The molecule has 0 aliphatic heterocycles. The molecule has 5 heteroatoms. The van der Waals surface area contributed by atoms with Crippen molar-refractivity contribution in [2.75, 3.05) is 13.1 Å². The Morgan fingerprint density at radius 3 is 2.64 bits per heavy atom. The minimum absolute atomic E-state index is 0.0909. The maximum Gasteiger partial charge on any atom is 0.314 e. The van der Waals surface area contributed by atoms with Crippen LogP contribution >= 0.6 is 0 Å². The van der Waals surface area contributed by atoms with Crippen LogP contribution in [0.4, 0.5) is 4.79 Å². The van der Waals surface area contributed by atoms with E-state index >= 15 is 0 Å². The number of carbonyl (C=O) groups excluding carboxylic acids is 1. The second-order valence-corrected chi connectivity index (χ2v) is 6.42. The number of nitrogens with zero attached hydrogens (tertiary/aromatic N) is 2. The van der Waals surface area contributed by atoms with E-state index in [1.54, 1.807) is 0 Å². The summed E-state index contributed by atoms with van der Waals surface area (Å²) in [7, 11) is 0. The van der Waals surface area contributed by atoms with Gasteiger partial charge in [-0.1, -0.05) is 29.8 Å². The molecule has 0 fully saturated rings. The van der Waals surface area contributed by atoms with Gasteiger partial charge in [-0.25, -0.2) is 9.48 Å². The highest BCUT2D eigenvalue weighted by molar-refractivity contribution is 5.73. The van der Waals surface area contributed by atoms with Crippen LogP contribution in [0.25, 0.3) is 5.69 Å². The maximum atomic E-state index is 11.8. The highest BCUT2D eigenvalue weighted by Gasteiger charge is 2.05. The summed E-state index contributed by atoms with van der Waals surface area (Å²) in [5.41, 5.74) is 3.63. The van der Waals surface area contributed by atoms with Crippen molar-refractivity contribution in [3.8, 4) is 5.69 Å². The van der Waals surface area contributed by atoms with Gasteiger partial charge in [0.1, 0.15) is 0 Å². The minimum Gasteiger partial charge on any atom is -0.338 e. The number of allylic oxidation sites excluding steroid dienone is 1. The standard InChI is InChI=1S/C20H26N4O/c25-20(21-13-11-17-7-3-1-4-8-17)22-14-12-18-15-23-24(16-18)19-9-5-2-6-10-19/h2,5-7,9-10,15-16H,1,3-4,8,11-14H2,(H2,21,22,25). The van der Waals surface area contributed by atoms with Gasteiger partial charge in [0.05, 0.1) is 11.9 Å². The normalized spacial score (nSPS) is 14.0. The summed E-state index contributed by atoms with van der Waals surface area (Å²) >= 11 is 0. The third-order valence-corrected chi connectivity index (χ3v) is 4.47. The van der Waals surface area contributed by atoms with Crippen LogP contribution in [-0.4, -0.2) is 28.9 Å². The van der Waals surface area contributed by atoms with Crippen molar-refractivity contribution < 1.29 is 4.79 Å². The van der Waals surface area contributed by atoms with Gasteiger partial charge in [-0.3, -0.25) is 0 Å². The van der Waals surface area contributed by atoms with Crippen molar-refractivity contribution in [3.63, 3.8) is 0 Å². The first-order chi connectivity index (χ1) is 12.3. The summed E-state index contributed by atoms with van der Waals surface area (Å²) in [5.74, 6) is 0. The molecular weight excluding hydrogens is 312 g/mol. The molecule has 3 rings (SSSR count). The highest BCUT2D eigenvalue weighted by Crippen LogP contribution is 2.19. The van der Waals surface area contributed by atoms with Gasteiger partial charge in [0.25, 0.3) is 0 Å². The molecule has 1 aliphatic carbocycles. The predicted octanol–water partition coefficient (Wildman–Crippen LogP) is 3.60. The third-order valence-electron chi connectivity index (χ3n) is 4.47. The Labute approximate surface area is 149 Å². The Kier molecular flexibility index (Phi) is 6.26. The van der Waals surface area contributed by atoms with Crippen LogP contribution in [-0.2, 0) is 6.42 Å². The number of hydrogen-bond acceptors (Lipinski definition) is 2. The average Bonchev–Trinajstić information content (AvgIpc) is 3.12. The fraction of sp³-hybridized carbons (Fsp3) is 0.400. The minimum atomic E-state index is -0.0909. The van der Waals surface area contributed by atoms with Gasteiger partial charge < -0.3 is 10.6 Å². The van der Waals surface area contributed by atoms with Crippen LogP contribution in [0.2, 0.25) is 0 Å². The van der Waals surface area contributed by atoms with Crippen molar-refractivity contribution in [1.82, 2.24) is 20.4 Å². The van der Waals surface area contributed by atoms with E-state index in [4.69, 9.17) is 0 Å². The molecule has 2 aromatic rings. The summed E-state index contributed by atoms with van der Waals surface area (Å²) < 4.78 is 1.85. The smallest absolute Gasteiger partial charge is 0.314 e. The number of benzene rings is 1. The zero-order chi connectivity index (χ0) is 17.3. The van der Waals surface area contributed by atoms with E-state index in [2.05, 4.69) is 21.8 Å². The van der Waals surface area contributed by atoms with Crippen LogP contribution in [0, 0.1) is 0 Å². The van der Waals surface area contributed by atoms with Gasteiger partial charge in [-0.15, -0.1) is 0 Å². The summed E-state index contributed by atoms with van der Waals surface area (Å²) in [4.78, 5) is 11.8. The molecule has 0 bridgehead atoms. The van der Waals surface area contributed by atoms with Crippen LogP contribution in [0.15, 0.2) is 54.4 Å². The van der Waals surface area contributed by atoms with Gasteiger partial charge in [0.2, 0.25) is 0 Å². The summed E-state index contributed by atoms with van der Waals surface area (Å²) in [6, 6.07) is 9.92. The van der Waals surface area contributed by atoms with Crippen LogP contribution < -0.4 is 10.6 Å². The van der Waals surface area contributed by atoms with Gasteiger partial charge in [0, 0.05) is 19.3 Å². The molecule has 1 aliphatic rings. The van der Waals surface area contributed by atoms with E-state index in [-0.39, 0.29) is 6.03 Å². The largest absolute Gasteiger partial charge is 0.338 e. The maximum absolute atomic E-state index is 11.8. The second-order valence-electron chi connectivity index (χ2n) is 6.42. The van der Waals surface area contributed by atoms with E-state index in [0.717, 1.165) is 24.1 Å². The lowest BCUT2D eigenvalue weighted by Crippen LogP contribution is -2.37. The van der Waals surface area contributed by atoms with E-state index in [0.29, 0.717) is 13.1 Å². The lowest BCUT2D eigenvalue weighted by molar-refractivity contribution is 0.241. The summed E-state index contributed by atoms with van der Waals surface area (Å²) in [6.07, 6.45) is 12.9. The SMILES string of the molecule is O=C(NCCC1=CCCCC1)NCCc1cnn(-c2ccccc2)c1. The fourth-order valence-electron chi connectivity index (χ4n) is 3.06. The lowest BCUT2D eigenvalue weighted by Gasteiger charge is -2.13. The van der Waals surface area contributed by atoms with Crippen molar-refractivity contribution in [2.24, 2.45) is 0 Å². The molecule has 1 aromatic carbocycles. The molecule has 132 valence electrons. The van der Waals surface area contributed by atoms with Gasteiger partial charge in [-0.05, 0) is 56.2 Å². The van der Waals surface area contributed by atoms with Gasteiger partial charge in [-0.2, -0.15) is 5.10 Å². The first kappa shape index (κ1) is 17.3. The average molecular weight is 338 g/mol. The molecule has 5 nitrogen and oxygen atoms in total. The molecule has 0 spiro atoms. The lowest BCUT2D eigenvalue weighted by atomic mass is 9.97. The third kappa shape index (κ3) is 5.48. The molecule has 0 radical (unpaired) electrons. The van der Waals surface area contributed by atoms with Gasteiger partial charge >= 0.3 is 6.03 Å². The van der Waals surface area contributed by atoms with Crippen LogP contribution in [0.1, 0.15) is 37.7 Å². The fourth-order valence-corrected chi connectivity index (χ4v) is 3.06. The zero-order valence-corrected chi connectivity index (χ0v) is 14.6. The Bertz CT molecular complexity index is 705. The summed E-state index contributed by atoms with van der Waals surface area (Å²) in [6.45, 7) is 1.32. The zero-order valence-electron chi connectivity index (χ0n) is 14.6. The van der Waals surface area contributed by atoms with E-state index in [1.807, 2.05) is 47.4 Å². The van der Waals surface area contributed by atoms with Crippen molar-refractivity contribution >= 4 is 6.03 Å². The molecular formula is C20H26N4O. The Morgan fingerprint density at radius 2 is 1.88 bits per heavy atom. The monoisotopic (exact) mass is 338 g/mol. The number of aromatic nitrogens is 2. The molecule has 0 atom stereocenters. The number of rotatable bonds is 7. The van der Waals surface area contributed by atoms with Crippen molar-refractivity contribution in [1.29, 1.82) is 0 Å². The van der Waals surface area contributed by atoms with E-state index in [9.17, 15) is 4.79 Å². The summed E-state index contributed by atoms with van der Waals surface area (Å²) in [5, 5.41) is 10.2. The van der Waals surface area contributed by atoms with Gasteiger partial charge in [0.15, 0.2) is 0 Å². The molecule has 25 heavy (non-hydrogen) atoms. The Morgan fingerprint density at radius 1 is 1.08 bits per heavy atom. The molecule has 2 amide bonds. The number of urea groups is 1. The second kappa shape index (κ2) is 9.06. The molecule has 0 saturated heterocycles. The highest BCUT2D eigenvalue weighted by atomic mass is 16.2. The van der Waals surface area contributed by atoms with Crippen LogP contribution in [0.5, 0.6) is 0 Å². The van der Waals surface area contributed by atoms with E-state index < -0.39 is 0 Å². The first-order valence-electron chi connectivity index (χ1n) is 9.10. The van der Waals surface area contributed by atoms with E-state index in [1.165, 1.54) is 31.3 Å². The number of nitrogens with one attached hydrogen (secondary N) is 2.